The van der Waals surface area contributed by atoms with Gasteiger partial charge >= 0.3 is 5.97 Å². The molecular weight excluding hydrogens is 250 g/mol. The van der Waals surface area contributed by atoms with Gasteiger partial charge in [-0.3, -0.25) is 4.79 Å². The van der Waals surface area contributed by atoms with E-state index in [0.717, 1.165) is 6.42 Å². The number of thiophene rings is 1. The minimum absolute atomic E-state index is 0.234. The van der Waals surface area contributed by atoms with Crippen molar-refractivity contribution in [2.24, 2.45) is 0 Å². The zero-order valence-electron chi connectivity index (χ0n) is 8.35. The molecule has 6 heteroatoms. The van der Waals surface area contributed by atoms with Crippen LogP contribution in [-0.2, 0) is 4.79 Å². The van der Waals surface area contributed by atoms with E-state index in [4.69, 9.17) is 16.7 Å². The molecule has 2 rings (SSSR count). The molecule has 1 unspecified atom stereocenters. The summed E-state index contributed by atoms with van der Waals surface area (Å²) in [6.45, 7) is 0.505. The molecular formula is C10H10ClNO3S. The molecule has 4 nitrogen and oxygen atoms in total. The van der Waals surface area contributed by atoms with Crippen LogP contribution in [0.1, 0.15) is 22.5 Å². The van der Waals surface area contributed by atoms with Crippen molar-refractivity contribution in [1.29, 1.82) is 0 Å². The lowest BCUT2D eigenvalue weighted by Gasteiger charge is -2.20. The fourth-order valence-corrected chi connectivity index (χ4v) is 2.84. The molecule has 1 aliphatic rings. The van der Waals surface area contributed by atoms with Gasteiger partial charge < -0.3 is 10.0 Å². The maximum atomic E-state index is 12.0. The molecule has 0 aromatic carbocycles. The first-order valence-electron chi connectivity index (χ1n) is 4.88. The van der Waals surface area contributed by atoms with Crippen LogP contribution in [0, 0.1) is 0 Å². The highest BCUT2D eigenvalue weighted by atomic mass is 35.5. The largest absolute Gasteiger partial charge is 0.480 e. The van der Waals surface area contributed by atoms with Crippen molar-refractivity contribution in [3.05, 3.63) is 21.3 Å². The number of aliphatic carboxylic acids is 1. The van der Waals surface area contributed by atoms with Crippen molar-refractivity contribution in [3.63, 3.8) is 0 Å². The van der Waals surface area contributed by atoms with Gasteiger partial charge in [0.05, 0.1) is 9.21 Å². The molecule has 1 aromatic heterocycles. The zero-order chi connectivity index (χ0) is 11.7. The Morgan fingerprint density at radius 3 is 2.81 bits per heavy atom. The minimum atomic E-state index is -0.937. The molecule has 0 saturated carbocycles. The zero-order valence-corrected chi connectivity index (χ0v) is 9.92. The third-order valence-corrected chi connectivity index (χ3v) is 3.80. The summed E-state index contributed by atoms with van der Waals surface area (Å²) in [4.78, 5) is 24.8. The molecule has 0 radical (unpaired) electrons. The summed E-state index contributed by atoms with van der Waals surface area (Å²) in [6.07, 6.45) is 1.27. The van der Waals surface area contributed by atoms with Crippen LogP contribution in [0.5, 0.6) is 0 Å². The number of carboxylic acid groups (broad SMARTS) is 1. The number of amides is 1. The summed E-state index contributed by atoms with van der Waals surface area (Å²) < 4.78 is 0.537. The standard InChI is InChI=1S/C10H10ClNO3S/c11-8-4-3-7(16-8)9(13)12-5-1-2-6(12)10(14)15/h3-4,6H,1-2,5H2,(H,14,15). The second-order valence-electron chi connectivity index (χ2n) is 3.60. The number of carbonyl (C=O) groups excluding carboxylic acids is 1. The highest BCUT2D eigenvalue weighted by Gasteiger charge is 2.34. The van der Waals surface area contributed by atoms with Gasteiger partial charge in [0.15, 0.2) is 0 Å². The summed E-state index contributed by atoms with van der Waals surface area (Å²) in [7, 11) is 0. The van der Waals surface area contributed by atoms with E-state index in [2.05, 4.69) is 0 Å². The van der Waals surface area contributed by atoms with E-state index >= 15 is 0 Å². The molecule has 2 heterocycles. The van der Waals surface area contributed by atoms with Crippen molar-refractivity contribution < 1.29 is 14.7 Å². The van der Waals surface area contributed by atoms with E-state index in [9.17, 15) is 9.59 Å². The summed E-state index contributed by atoms with van der Waals surface area (Å²) in [6, 6.07) is 2.59. The SMILES string of the molecule is O=C(O)C1CCCN1C(=O)c1ccc(Cl)s1. The van der Waals surface area contributed by atoms with Crippen molar-refractivity contribution in [2.75, 3.05) is 6.54 Å². The molecule has 1 fully saturated rings. The molecule has 1 N–H and O–H groups in total. The van der Waals surface area contributed by atoms with Crippen LogP contribution in [0.2, 0.25) is 4.34 Å². The second kappa shape index (κ2) is 4.43. The van der Waals surface area contributed by atoms with E-state index in [-0.39, 0.29) is 5.91 Å². The Bertz CT molecular complexity index is 431. The molecule has 1 saturated heterocycles. The van der Waals surface area contributed by atoms with Crippen LogP contribution in [0.15, 0.2) is 12.1 Å². The van der Waals surface area contributed by atoms with Crippen molar-refractivity contribution in [2.45, 2.75) is 18.9 Å². The number of likely N-dealkylation sites (tertiary alicyclic amines) is 1. The van der Waals surface area contributed by atoms with Gasteiger partial charge in [-0.25, -0.2) is 4.79 Å². The average molecular weight is 260 g/mol. The molecule has 16 heavy (non-hydrogen) atoms. The number of carboxylic acids is 1. The first kappa shape index (κ1) is 11.4. The fraction of sp³-hybridized carbons (Fsp3) is 0.400. The third-order valence-electron chi connectivity index (χ3n) is 2.58. The van der Waals surface area contributed by atoms with Gasteiger partial charge in [0.2, 0.25) is 0 Å². The van der Waals surface area contributed by atoms with E-state index < -0.39 is 12.0 Å². The van der Waals surface area contributed by atoms with Crippen LogP contribution in [0.25, 0.3) is 0 Å². The molecule has 1 aromatic rings. The molecule has 0 aliphatic carbocycles. The van der Waals surface area contributed by atoms with Crippen LogP contribution in [0.4, 0.5) is 0 Å². The highest BCUT2D eigenvalue weighted by molar-refractivity contribution is 7.17. The number of hydrogen-bond donors (Lipinski definition) is 1. The number of nitrogens with zero attached hydrogens (tertiary/aromatic N) is 1. The highest BCUT2D eigenvalue weighted by Crippen LogP contribution is 2.26. The van der Waals surface area contributed by atoms with Crippen molar-refractivity contribution in [3.8, 4) is 0 Å². The van der Waals surface area contributed by atoms with Crippen molar-refractivity contribution >= 4 is 34.8 Å². The molecule has 1 aliphatic heterocycles. The van der Waals surface area contributed by atoms with Gasteiger partial charge in [-0.15, -0.1) is 11.3 Å². The Balaban J connectivity index is 2.18. The summed E-state index contributed by atoms with van der Waals surface area (Å²) >= 11 is 6.92. The summed E-state index contributed by atoms with van der Waals surface area (Å²) in [5.41, 5.74) is 0. The first-order chi connectivity index (χ1) is 7.59. The van der Waals surface area contributed by atoms with Gasteiger partial charge in [0.25, 0.3) is 5.91 Å². The van der Waals surface area contributed by atoms with Crippen molar-refractivity contribution in [1.82, 2.24) is 4.90 Å². The minimum Gasteiger partial charge on any atom is -0.480 e. The number of hydrogen-bond acceptors (Lipinski definition) is 3. The lowest BCUT2D eigenvalue weighted by molar-refractivity contribution is -0.141. The maximum Gasteiger partial charge on any atom is 0.326 e. The lowest BCUT2D eigenvalue weighted by atomic mass is 10.2. The normalized spacial score (nSPS) is 20.1. The first-order valence-corrected chi connectivity index (χ1v) is 6.08. The Labute approximate surface area is 101 Å². The summed E-state index contributed by atoms with van der Waals surface area (Å²) in [5, 5.41) is 8.97. The molecule has 1 amide bonds. The van der Waals surface area contributed by atoms with Crippen LogP contribution >= 0.6 is 22.9 Å². The van der Waals surface area contributed by atoms with E-state index in [0.29, 0.717) is 22.2 Å². The Kier molecular flexibility index (Phi) is 3.16. The topological polar surface area (TPSA) is 57.6 Å². The average Bonchev–Trinajstić information content (AvgIpc) is 2.84. The fourth-order valence-electron chi connectivity index (χ4n) is 1.84. The maximum absolute atomic E-state index is 12.0. The lowest BCUT2D eigenvalue weighted by Crippen LogP contribution is -2.40. The van der Waals surface area contributed by atoms with E-state index in [1.807, 2.05) is 0 Å². The Hall–Kier alpha value is -1.07. The van der Waals surface area contributed by atoms with Gasteiger partial charge in [0.1, 0.15) is 6.04 Å². The molecule has 1 atom stereocenters. The van der Waals surface area contributed by atoms with Gasteiger partial charge in [-0.05, 0) is 25.0 Å². The Morgan fingerprint density at radius 2 is 2.25 bits per heavy atom. The number of carbonyl (C=O) groups is 2. The van der Waals surface area contributed by atoms with E-state index in [1.165, 1.54) is 16.2 Å². The number of rotatable bonds is 2. The van der Waals surface area contributed by atoms with Crippen LogP contribution in [0.3, 0.4) is 0 Å². The Morgan fingerprint density at radius 1 is 1.50 bits per heavy atom. The smallest absolute Gasteiger partial charge is 0.326 e. The van der Waals surface area contributed by atoms with Gasteiger partial charge in [-0.1, -0.05) is 11.6 Å². The molecule has 0 bridgehead atoms. The van der Waals surface area contributed by atoms with E-state index in [1.54, 1.807) is 12.1 Å². The number of halogens is 1. The van der Waals surface area contributed by atoms with Crippen LogP contribution < -0.4 is 0 Å². The molecule has 86 valence electrons. The predicted molar refractivity (Wildman–Crippen MR) is 61.0 cm³/mol. The predicted octanol–water partition coefficient (Wildman–Crippen LogP) is 2.09. The monoisotopic (exact) mass is 259 g/mol. The second-order valence-corrected chi connectivity index (χ2v) is 5.31. The summed E-state index contributed by atoms with van der Waals surface area (Å²) in [5.74, 6) is -1.17. The van der Waals surface area contributed by atoms with Crippen LogP contribution in [-0.4, -0.2) is 34.5 Å². The molecule has 0 spiro atoms. The third kappa shape index (κ3) is 2.05. The van der Waals surface area contributed by atoms with Gasteiger partial charge in [-0.2, -0.15) is 0 Å². The van der Waals surface area contributed by atoms with Gasteiger partial charge in [0, 0.05) is 6.54 Å². The quantitative estimate of drug-likeness (QED) is 0.885.